The number of ether oxygens (including phenoxy) is 3. The van der Waals surface area contributed by atoms with E-state index in [4.69, 9.17) is 14.2 Å². The molecule has 0 amide bonds. The molecule has 0 saturated carbocycles. The van der Waals surface area contributed by atoms with Gasteiger partial charge in [-0.25, -0.2) is 0 Å². The maximum absolute atomic E-state index is 11.9. The van der Waals surface area contributed by atoms with E-state index in [2.05, 4.69) is 34.6 Å². The zero-order chi connectivity index (χ0) is 16.8. The summed E-state index contributed by atoms with van der Waals surface area (Å²) in [5.74, 6) is 1.18. The minimum absolute atomic E-state index is 0.0381. The van der Waals surface area contributed by atoms with E-state index in [0.29, 0.717) is 32.2 Å². The quantitative estimate of drug-likeness (QED) is 0.356. The highest BCUT2D eigenvalue weighted by Gasteiger charge is 2.18. The summed E-state index contributed by atoms with van der Waals surface area (Å²) in [6.45, 7) is 13.2. The number of thioether (sulfide) groups is 1. The molecule has 0 fully saturated rings. The lowest BCUT2D eigenvalue weighted by Crippen LogP contribution is -2.24. The maximum Gasteiger partial charge on any atom is 0.307 e. The zero-order valence-corrected chi connectivity index (χ0v) is 15.7. The molecule has 0 heterocycles. The highest BCUT2D eigenvalue weighted by atomic mass is 32.2. The van der Waals surface area contributed by atoms with Gasteiger partial charge in [-0.05, 0) is 18.8 Å². The second-order valence-electron chi connectivity index (χ2n) is 5.79. The normalized spacial score (nSPS) is 14.1. The summed E-state index contributed by atoms with van der Waals surface area (Å²) in [6.07, 6.45) is 2.42. The lowest BCUT2D eigenvalue weighted by Gasteiger charge is -2.20. The topological polar surface area (TPSA) is 44.8 Å². The van der Waals surface area contributed by atoms with Crippen LogP contribution in [0.3, 0.4) is 0 Å². The van der Waals surface area contributed by atoms with Crippen LogP contribution in [-0.2, 0) is 19.0 Å². The fourth-order valence-corrected chi connectivity index (χ4v) is 2.85. The van der Waals surface area contributed by atoms with Gasteiger partial charge < -0.3 is 14.2 Å². The molecule has 2 unspecified atom stereocenters. The Morgan fingerprint density at radius 1 is 1.00 bits per heavy atom. The molecule has 0 aromatic heterocycles. The number of carbonyl (C=O) groups excluding carboxylic acids is 1. The zero-order valence-electron chi connectivity index (χ0n) is 14.9. The van der Waals surface area contributed by atoms with Gasteiger partial charge in [-0.2, -0.15) is 11.8 Å². The maximum atomic E-state index is 11.9. The van der Waals surface area contributed by atoms with Gasteiger partial charge in [0.25, 0.3) is 0 Å². The summed E-state index contributed by atoms with van der Waals surface area (Å²) in [5.41, 5.74) is 0. The minimum Gasteiger partial charge on any atom is -0.462 e. The molecule has 5 heteroatoms. The molecular weight excluding hydrogens is 300 g/mol. The average Bonchev–Trinajstić information content (AvgIpc) is 2.47. The predicted octanol–water partition coefficient (Wildman–Crippen LogP) is 3.92. The van der Waals surface area contributed by atoms with Gasteiger partial charge in [0.15, 0.2) is 0 Å². The van der Waals surface area contributed by atoms with E-state index in [-0.39, 0.29) is 17.3 Å². The van der Waals surface area contributed by atoms with Crippen molar-refractivity contribution < 1.29 is 19.0 Å². The van der Waals surface area contributed by atoms with Crippen LogP contribution in [0.5, 0.6) is 0 Å². The lowest BCUT2D eigenvalue weighted by atomic mass is 10.1. The van der Waals surface area contributed by atoms with E-state index in [1.807, 2.05) is 0 Å². The fourth-order valence-electron chi connectivity index (χ4n) is 1.98. The van der Waals surface area contributed by atoms with Gasteiger partial charge >= 0.3 is 5.97 Å². The standard InChI is InChI=1S/C17H34O4S/c1-6-8-19-9-10-20-11-12-22-15(5)13-17(18)21-16(7-2)14(3)4/h14-16H,6-13H2,1-5H3. The molecule has 0 aliphatic rings. The van der Waals surface area contributed by atoms with Gasteiger partial charge in [0.05, 0.1) is 26.2 Å². The summed E-state index contributed by atoms with van der Waals surface area (Å²) in [7, 11) is 0. The molecule has 132 valence electrons. The Morgan fingerprint density at radius 3 is 2.18 bits per heavy atom. The molecule has 0 rings (SSSR count). The van der Waals surface area contributed by atoms with Crippen LogP contribution in [0.4, 0.5) is 0 Å². The van der Waals surface area contributed by atoms with Crippen LogP contribution in [0.1, 0.15) is 53.9 Å². The molecular formula is C17H34O4S. The van der Waals surface area contributed by atoms with E-state index in [1.165, 1.54) is 0 Å². The van der Waals surface area contributed by atoms with Crippen LogP contribution in [0.15, 0.2) is 0 Å². The van der Waals surface area contributed by atoms with Crippen LogP contribution < -0.4 is 0 Å². The van der Waals surface area contributed by atoms with E-state index >= 15 is 0 Å². The monoisotopic (exact) mass is 334 g/mol. The van der Waals surface area contributed by atoms with Crippen molar-refractivity contribution in [3.63, 3.8) is 0 Å². The van der Waals surface area contributed by atoms with E-state index in [9.17, 15) is 4.79 Å². The van der Waals surface area contributed by atoms with Crippen LogP contribution in [-0.4, -0.2) is 49.5 Å². The summed E-state index contributed by atoms with van der Waals surface area (Å²) in [4.78, 5) is 11.9. The number of hydrogen-bond donors (Lipinski definition) is 0. The highest BCUT2D eigenvalue weighted by molar-refractivity contribution is 7.99. The summed E-state index contributed by atoms with van der Waals surface area (Å²) in [6, 6.07) is 0. The molecule has 0 aliphatic carbocycles. The molecule has 0 aliphatic heterocycles. The lowest BCUT2D eigenvalue weighted by molar-refractivity contribution is -0.151. The largest absolute Gasteiger partial charge is 0.462 e. The van der Waals surface area contributed by atoms with Crippen molar-refractivity contribution >= 4 is 17.7 Å². The van der Waals surface area contributed by atoms with Gasteiger partial charge in [0.2, 0.25) is 0 Å². The van der Waals surface area contributed by atoms with Crippen molar-refractivity contribution in [1.29, 1.82) is 0 Å². The van der Waals surface area contributed by atoms with Gasteiger partial charge in [-0.1, -0.05) is 34.6 Å². The third-order valence-electron chi connectivity index (χ3n) is 3.23. The van der Waals surface area contributed by atoms with Crippen molar-refractivity contribution in [2.45, 2.75) is 65.2 Å². The van der Waals surface area contributed by atoms with Crippen molar-refractivity contribution in [1.82, 2.24) is 0 Å². The van der Waals surface area contributed by atoms with Crippen molar-refractivity contribution in [3.05, 3.63) is 0 Å². The number of esters is 1. The molecule has 0 aromatic carbocycles. The van der Waals surface area contributed by atoms with E-state index in [1.54, 1.807) is 11.8 Å². The van der Waals surface area contributed by atoms with Gasteiger partial charge in [0, 0.05) is 17.6 Å². The number of rotatable bonds is 14. The van der Waals surface area contributed by atoms with Crippen molar-refractivity contribution in [2.75, 3.05) is 32.2 Å². The molecule has 0 spiro atoms. The Labute approximate surface area is 140 Å². The predicted molar refractivity (Wildman–Crippen MR) is 93.5 cm³/mol. The Kier molecular flexibility index (Phi) is 14.2. The smallest absolute Gasteiger partial charge is 0.307 e. The van der Waals surface area contributed by atoms with Crippen LogP contribution >= 0.6 is 11.8 Å². The molecule has 22 heavy (non-hydrogen) atoms. The average molecular weight is 335 g/mol. The molecule has 0 aromatic rings. The van der Waals surface area contributed by atoms with Crippen molar-refractivity contribution in [2.24, 2.45) is 5.92 Å². The second kappa shape index (κ2) is 14.3. The third kappa shape index (κ3) is 12.3. The molecule has 4 nitrogen and oxygen atoms in total. The Hall–Kier alpha value is -0.260. The SMILES string of the molecule is CCCOCCOCCSC(C)CC(=O)OC(CC)C(C)C. The van der Waals surface area contributed by atoms with Gasteiger partial charge in [0.1, 0.15) is 6.10 Å². The molecule has 0 saturated heterocycles. The first-order valence-corrected chi connectivity index (χ1v) is 9.52. The summed E-state index contributed by atoms with van der Waals surface area (Å²) < 4.78 is 16.3. The first-order valence-electron chi connectivity index (χ1n) is 8.47. The number of carbonyl (C=O) groups is 1. The van der Waals surface area contributed by atoms with E-state index < -0.39 is 0 Å². The third-order valence-corrected chi connectivity index (χ3v) is 4.37. The first kappa shape index (κ1) is 21.7. The molecule has 0 bridgehead atoms. The Bertz CT molecular complexity index is 271. The van der Waals surface area contributed by atoms with E-state index in [0.717, 1.165) is 25.2 Å². The van der Waals surface area contributed by atoms with Crippen molar-refractivity contribution in [3.8, 4) is 0 Å². The van der Waals surface area contributed by atoms with Crippen LogP contribution in [0, 0.1) is 5.92 Å². The minimum atomic E-state index is -0.0885. The Balaban J connectivity index is 3.60. The van der Waals surface area contributed by atoms with Crippen LogP contribution in [0.2, 0.25) is 0 Å². The molecule has 0 N–H and O–H groups in total. The fraction of sp³-hybridized carbons (Fsp3) is 0.941. The van der Waals surface area contributed by atoms with Crippen LogP contribution in [0.25, 0.3) is 0 Å². The highest BCUT2D eigenvalue weighted by Crippen LogP contribution is 2.17. The Morgan fingerprint density at radius 2 is 1.64 bits per heavy atom. The molecule has 2 atom stereocenters. The van der Waals surface area contributed by atoms with Gasteiger partial charge in [-0.3, -0.25) is 4.79 Å². The second-order valence-corrected chi connectivity index (χ2v) is 7.34. The summed E-state index contributed by atoms with van der Waals surface area (Å²) in [5, 5.41) is 0.261. The number of hydrogen-bond acceptors (Lipinski definition) is 5. The first-order chi connectivity index (χ1) is 10.5. The molecule has 0 radical (unpaired) electrons. The summed E-state index contributed by atoms with van der Waals surface area (Å²) >= 11 is 1.75. The van der Waals surface area contributed by atoms with Gasteiger partial charge in [-0.15, -0.1) is 0 Å².